The second kappa shape index (κ2) is 8.53. The molecule has 1 atom stereocenters. The van der Waals surface area contributed by atoms with E-state index in [-0.39, 0.29) is 17.1 Å². The van der Waals surface area contributed by atoms with Crippen LogP contribution >= 0.6 is 10.5 Å². The second-order valence-electron chi connectivity index (χ2n) is 8.03. The molecule has 0 bridgehead atoms. The van der Waals surface area contributed by atoms with Crippen molar-refractivity contribution in [3.8, 4) is 23.0 Å². The molecule has 0 amide bonds. The first-order valence-corrected chi connectivity index (χ1v) is 11.7. The number of hydrogen-bond donors (Lipinski definition) is 0. The van der Waals surface area contributed by atoms with Crippen LogP contribution in [-0.4, -0.2) is 18.2 Å². The highest BCUT2D eigenvalue weighted by molar-refractivity contribution is 7.43. The lowest BCUT2D eigenvalue weighted by Crippen LogP contribution is -2.37. The number of fused-ring (bicyclic) bond motifs is 1. The number of esters is 1. The Kier molecular flexibility index (Phi) is 5.83. The highest BCUT2D eigenvalue weighted by Crippen LogP contribution is 2.42. The molecular weight excluding hydrogens is 392 g/mol. The summed E-state index contributed by atoms with van der Waals surface area (Å²) in [6, 6.07) is 15.0. The number of carbonyl (C=O) groups is 1. The third-order valence-corrected chi connectivity index (χ3v) is 7.79. The van der Waals surface area contributed by atoms with Crippen molar-refractivity contribution in [2.45, 2.75) is 51.6 Å². The van der Waals surface area contributed by atoms with E-state index in [1.54, 1.807) is 0 Å². The molecule has 1 unspecified atom stereocenters. The van der Waals surface area contributed by atoms with Crippen LogP contribution in [0.5, 0.6) is 5.75 Å². The Balaban J connectivity index is 1.49. The Hall–Kier alpha value is -2.77. The van der Waals surface area contributed by atoms with Crippen molar-refractivity contribution in [1.82, 2.24) is 0 Å². The molecule has 0 aliphatic heterocycles. The summed E-state index contributed by atoms with van der Waals surface area (Å²) in [5, 5.41) is 3.55. The zero-order chi connectivity index (χ0) is 21.1. The maximum atomic E-state index is 12.4. The zero-order valence-corrected chi connectivity index (χ0v) is 18.4. The molecule has 4 rings (SSSR count). The van der Waals surface area contributed by atoms with Crippen LogP contribution in [0, 0.1) is 26.2 Å². The molecule has 0 saturated heterocycles. The van der Waals surface area contributed by atoms with Gasteiger partial charge in [-0.25, -0.2) is 4.79 Å². The van der Waals surface area contributed by atoms with Gasteiger partial charge in [0.1, 0.15) is 11.1 Å². The van der Waals surface area contributed by atoms with E-state index in [9.17, 15) is 4.79 Å². The van der Waals surface area contributed by atoms with Gasteiger partial charge in [-0.1, -0.05) is 24.5 Å². The van der Waals surface area contributed by atoms with E-state index in [0.29, 0.717) is 0 Å². The molecule has 2 aromatic carbocycles. The first kappa shape index (κ1) is 20.5. The predicted octanol–water partition coefficient (Wildman–Crippen LogP) is 6.45. The summed E-state index contributed by atoms with van der Waals surface area (Å²) >= 11 is 0. The Morgan fingerprint density at radius 3 is 2.50 bits per heavy atom. The van der Waals surface area contributed by atoms with E-state index in [4.69, 9.17) is 15.9 Å². The molecule has 1 fully saturated rings. The van der Waals surface area contributed by atoms with E-state index in [0.717, 1.165) is 49.0 Å². The van der Waals surface area contributed by atoms with Crippen LogP contribution in [0.4, 0.5) is 0 Å². The number of ether oxygens (including phenoxy) is 2. The first-order chi connectivity index (χ1) is 14.5. The number of benzene rings is 2. The molecule has 3 aromatic rings. The normalized spacial score (nSPS) is 16.1. The molecule has 154 valence electrons. The van der Waals surface area contributed by atoms with Crippen molar-refractivity contribution in [1.29, 1.82) is 0 Å². The van der Waals surface area contributed by atoms with E-state index >= 15 is 0 Å². The third kappa shape index (κ3) is 4.08. The van der Waals surface area contributed by atoms with Crippen molar-refractivity contribution in [3.63, 3.8) is 0 Å². The monoisotopic (exact) mass is 419 g/mol. The van der Waals surface area contributed by atoms with Gasteiger partial charge in [-0.3, -0.25) is 0 Å². The number of carbonyl (C=O) groups excluding carboxylic acids is 1. The highest BCUT2D eigenvalue weighted by atomic mass is 32.2. The minimum atomic E-state index is -0.754. The number of terminal acetylenes is 1. The van der Waals surface area contributed by atoms with Crippen LogP contribution in [-0.2, 0) is 9.53 Å². The van der Waals surface area contributed by atoms with E-state index < -0.39 is 11.6 Å². The maximum absolute atomic E-state index is 12.4. The Morgan fingerprint density at radius 1 is 1.10 bits per heavy atom. The molecule has 0 spiro atoms. The fraction of sp³-hybridized carbons (Fsp3) is 0.346. The number of aryl methyl sites for hydroxylation is 2. The molecule has 30 heavy (non-hydrogen) atoms. The molecule has 1 saturated carbocycles. The van der Waals surface area contributed by atoms with Gasteiger partial charge in [0.15, 0.2) is 21.8 Å². The van der Waals surface area contributed by atoms with Gasteiger partial charge < -0.3 is 9.47 Å². The maximum Gasteiger partial charge on any atom is 0.345 e. The SMILES string of the molecule is C#CC1(OC(=O)COc2c(C)cc(-[s+]3ccc4ccccc43)cc2C)CCCCC1. The molecule has 3 nitrogen and oxygen atoms in total. The number of hydrogen-bond acceptors (Lipinski definition) is 3. The summed E-state index contributed by atoms with van der Waals surface area (Å²) in [5.41, 5.74) is 1.29. The largest absolute Gasteiger partial charge is 0.481 e. The van der Waals surface area contributed by atoms with Crippen molar-refractivity contribution >= 4 is 26.5 Å². The third-order valence-electron chi connectivity index (χ3n) is 5.80. The van der Waals surface area contributed by atoms with Crippen molar-refractivity contribution in [3.05, 3.63) is 59.0 Å². The van der Waals surface area contributed by atoms with Crippen LogP contribution in [0.1, 0.15) is 43.2 Å². The first-order valence-electron chi connectivity index (χ1n) is 10.5. The van der Waals surface area contributed by atoms with Gasteiger partial charge in [0.05, 0.1) is 0 Å². The van der Waals surface area contributed by atoms with Crippen molar-refractivity contribution < 1.29 is 14.3 Å². The van der Waals surface area contributed by atoms with E-state index in [1.165, 1.54) is 15.0 Å². The van der Waals surface area contributed by atoms with Crippen LogP contribution in [0.2, 0.25) is 0 Å². The predicted molar refractivity (Wildman–Crippen MR) is 123 cm³/mol. The van der Waals surface area contributed by atoms with Gasteiger partial charge in [-0.05, 0) is 62.8 Å². The Labute approximate surface area is 181 Å². The number of thiophene rings is 1. The average Bonchev–Trinajstić information content (AvgIpc) is 3.18. The summed E-state index contributed by atoms with van der Waals surface area (Å²) in [6.07, 6.45) is 10.3. The quantitative estimate of drug-likeness (QED) is 0.271. The fourth-order valence-corrected chi connectivity index (χ4v) is 6.34. The summed E-state index contributed by atoms with van der Waals surface area (Å²) in [4.78, 5) is 13.7. The van der Waals surface area contributed by atoms with E-state index in [2.05, 4.69) is 53.8 Å². The van der Waals surface area contributed by atoms with Gasteiger partial charge in [0, 0.05) is 34.1 Å². The summed E-state index contributed by atoms with van der Waals surface area (Å²) in [5.74, 6) is 3.06. The lowest BCUT2D eigenvalue weighted by molar-refractivity contribution is -0.159. The standard InChI is InChI=1S/C26H27O3S/c1-4-26(13-8-5-9-14-26)29-24(27)18-28-25-19(2)16-22(17-20(25)3)30-15-12-21-10-6-7-11-23(21)30/h1,6-7,10-12,15-17H,5,8-9,13-14,18H2,2-3H3/q+1. The van der Waals surface area contributed by atoms with E-state index in [1.807, 2.05) is 13.8 Å². The van der Waals surface area contributed by atoms with Crippen molar-refractivity contribution in [2.75, 3.05) is 6.61 Å². The topological polar surface area (TPSA) is 35.5 Å². The van der Waals surface area contributed by atoms with Gasteiger partial charge in [0.25, 0.3) is 0 Å². The summed E-state index contributed by atoms with van der Waals surface area (Å²) in [7, 11) is -0.0690. The van der Waals surface area contributed by atoms with Gasteiger partial charge in [-0.15, -0.1) is 6.42 Å². The smallest absolute Gasteiger partial charge is 0.345 e. The molecule has 1 aliphatic carbocycles. The lowest BCUT2D eigenvalue weighted by atomic mass is 9.85. The lowest BCUT2D eigenvalue weighted by Gasteiger charge is -2.31. The van der Waals surface area contributed by atoms with Crippen LogP contribution in [0.15, 0.2) is 47.8 Å². The van der Waals surface area contributed by atoms with Crippen molar-refractivity contribution in [2.24, 2.45) is 0 Å². The minimum absolute atomic E-state index is 0.0690. The van der Waals surface area contributed by atoms with Crippen LogP contribution in [0.25, 0.3) is 15.0 Å². The van der Waals surface area contributed by atoms with Crippen LogP contribution in [0.3, 0.4) is 0 Å². The molecule has 0 radical (unpaired) electrons. The molecular formula is C26H27O3S+. The highest BCUT2D eigenvalue weighted by Gasteiger charge is 2.34. The molecule has 4 heteroatoms. The molecule has 1 aromatic heterocycles. The molecule has 0 N–H and O–H groups in total. The second-order valence-corrected chi connectivity index (χ2v) is 9.89. The average molecular weight is 420 g/mol. The number of rotatable bonds is 5. The zero-order valence-electron chi connectivity index (χ0n) is 17.6. The molecule has 1 heterocycles. The van der Waals surface area contributed by atoms with Gasteiger partial charge in [0.2, 0.25) is 0 Å². The van der Waals surface area contributed by atoms with Gasteiger partial charge in [-0.2, -0.15) is 0 Å². The Morgan fingerprint density at radius 2 is 1.80 bits per heavy atom. The minimum Gasteiger partial charge on any atom is -0.481 e. The molecule has 1 aliphatic rings. The fourth-order valence-electron chi connectivity index (χ4n) is 4.28. The Bertz CT molecular complexity index is 1090. The van der Waals surface area contributed by atoms with Gasteiger partial charge >= 0.3 is 5.97 Å². The summed E-state index contributed by atoms with van der Waals surface area (Å²) < 4.78 is 12.9. The van der Waals surface area contributed by atoms with Crippen LogP contribution < -0.4 is 4.74 Å². The summed E-state index contributed by atoms with van der Waals surface area (Å²) in [6.45, 7) is 3.92.